The van der Waals surface area contributed by atoms with Gasteiger partial charge in [-0.15, -0.1) is 0 Å². The van der Waals surface area contributed by atoms with Gasteiger partial charge >= 0.3 is 0 Å². The summed E-state index contributed by atoms with van der Waals surface area (Å²) in [6.07, 6.45) is 2.57. The molecule has 7 heteroatoms. The van der Waals surface area contributed by atoms with Gasteiger partial charge in [0.15, 0.2) is 0 Å². The number of anilines is 1. The summed E-state index contributed by atoms with van der Waals surface area (Å²) in [6, 6.07) is 4.47. The zero-order chi connectivity index (χ0) is 14.1. The maximum absolute atomic E-state index is 10.7. The van der Waals surface area contributed by atoms with Crippen molar-refractivity contribution in [2.75, 3.05) is 24.6 Å². The molecule has 0 aliphatic carbocycles. The number of nitro groups is 1. The highest BCUT2D eigenvalue weighted by atomic mass is 16.6. The molecular formula is C13H14N4O3. The van der Waals surface area contributed by atoms with Crippen molar-refractivity contribution >= 4 is 22.5 Å². The van der Waals surface area contributed by atoms with E-state index in [1.807, 2.05) is 0 Å². The maximum atomic E-state index is 10.7. The predicted octanol–water partition coefficient (Wildman–Crippen LogP) is 1.36. The number of aliphatic hydroxyl groups is 1. The van der Waals surface area contributed by atoms with Crippen molar-refractivity contribution in [3.05, 3.63) is 34.5 Å². The molecule has 3 rings (SSSR count). The van der Waals surface area contributed by atoms with Crippen LogP contribution in [0.2, 0.25) is 0 Å². The van der Waals surface area contributed by atoms with E-state index < -0.39 is 4.92 Å². The standard InChI is InChI=1S/C13H14N4O3/c18-8-9-3-4-16(7-9)13-6-14-12-5-10(17(19)20)1-2-11(12)15-13/h1-2,5-6,9,18H,3-4,7-8H2. The SMILES string of the molecule is O=[N+]([O-])c1ccc2nc(N3CCC(CO)C3)cnc2c1. The molecule has 0 bridgehead atoms. The van der Waals surface area contributed by atoms with E-state index >= 15 is 0 Å². The molecule has 0 spiro atoms. The number of hydrogen-bond acceptors (Lipinski definition) is 6. The maximum Gasteiger partial charge on any atom is 0.271 e. The van der Waals surface area contributed by atoms with Crippen LogP contribution in [0.15, 0.2) is 24.4 Å². The summed E-state index contributed by atoms with van der Waals surface area (Å²) in [5, 5.41) is 19.9. The third-order valence-corrected chi connectivity index (χ3v) is 3.59. The molecule has 20 heavy (non-hydrogen) atoms. The lowest BCUT2D eigenvalue weighted by atomic mass is 10.1. The van der Waals surface area contributed by atoms with Crippen molar-refractivity contribution in [2.24, 2.45) is 5.92 Å². The molecule has 0 amide bonds. The highest BCUT2D eigenvalue weighted by Gasteiger charge is 2.23. The minimum Gasteiger partial charge on any atom is -0.396 e. The molecule has 1 aliphatic rings. The third-order valence-electron chi connectivity index (χ3n) is 3.59. The number of aromatic nitrogens is 2. The second kappa shape index (κ2) is 5.01. The highest BCUT2D eigenvalue weighted by Crippen LogP contribution is 2.24. The highest BCUT2D eigenvalue weighted by molar-refractivity contribution is 5.78. The fourth-order valence-corrected chi connectivity index (χ4v) is 2.45. The number of non-ortho nitro benzene ring substituents is 1. The van der Waals surface area contributed by atoms with Gasteiger partial charge in [0.2, 0.25) is 0 Å². The van der Waals surface area contributed by atoms with E-state index in [9.17, 15) is 10.1 Å². The first-order chi connectivity index (χ1) is 9.67. The Kier molecular flexibility index (Phi) is 3.19. The number of fused-ring (bicyclic) bond motifs is 1. The first-order valence-corrected chi connectivity index (χ1v) is 6.44. The number of nitro benzene ring substituents is 1. The molecule has 1 unspecified atom stereocenters. The lowest BCUT2D eigenvalue weighted by molar-refractivity contribution is -0.384. The molecule has 7 nitrogen and oxygen atoms in total. The van der Waals surface area contributed by atoms with Crippen LogP contribution in [0.25, 0.3) is 11.0 Å². The number of hydrogen-bond donors (Lipinski definition) is 1. The minimum absolute atomic E-state index is 0.0149. The normalized spacial score (nSPS) is 18.6. The van der Waals surface area contributed by atoms with Crippen LogP contribution < -0.4 is 4.90 Å². The van der Waals surface area contributed by atoms with Crippen LogP contribution in [0.4, 0.5) is 11.5 Å². The van der Waals surface area contributed by atoms with Crippen molar-refractivity contribution in [1.29, 1.82) is 0 Å². The van der Waals surface area contributed by atoms with Gasteiger partial charge < -0.3 is 10.0 Å². The van der Waals surface area contributed by atoms with Gasteiger partial charge in [-0.25, -0.2) is 4.98 Å². The topological polar surface area (TPSA) is 92.4 Å². The van der Waals surface area contributed by atoms with Crippen molar-refractivity contribution in [3.8, 4) is 0 Å². The Bertz CT molecular complexity index is 661. The van der Waals surface area contributed by atoms with Crippen molar-refractivity contribution in [1.82, 2.24) is 9.97 Å². The molecule has 1 aromatic carbocycles. The van der Waals surface area contributed by atoms with E-state index in [0.29, 0.717) is 11.0 Å². The van der Waals surface area contributed by atoms with Crippen LogP contribution in [-0.2, 0) is 0 Å². The smallest absolute Gasteiger partial charge is 0.271 e. The fraction of sp³-hybridized carbons (Fsp3) is 0.385. The molecule has 1 N–H and O–H groups in total. The molecule has 1 saturated heterocycles. The van der Waals surface area contributed by atoms with Crippen LogP contribution in [0, 0.1) is 16.0 Å². The van der Waals surface area contributed by atoms with Crippen molar-refractivity contribution in [2.45, 2.75) is 6.42 Å². The zero-order valence-electron chi connectivity index (χ0n) is 10.8. The first kappa shape index (κ1) is 12.7. The number of aliphatic hydroxyl groups excluding tert-OH is 1. The molecule has 2 heterocycles. The number of rotatable bonds is 3. The van der Waals surface area contributed by atoms with Gasteiger partial charge in [-0.1, -0.05) is 0 Å². The first-order valence-electron chi connectivity index (χ1n) is 6.44. The van der Waals surface area contributed by atoms with Crippen molar-refractivity contribution < 1.29 is 10.0 Å². The average Bonchev–Trinajstić information content (AvgIpc) is 2.95. The summed E-state index contributed by atoms with van der Waals surface area (Å²) in [4.78, 5) is 21.1. The van der Waals surface area contributed by atoms with Crippen molar-refractivity contribution in [3.63, 3.8) is 0 Å². The van der Waals surface area contributed by atoms with E-state index in [-0.39, 0.29) is 18.2 Å². The Morgan fingerprint density at radius 2 is 2.30 bits per heavy atom. The van der Waals surface area contributed by atoms with E-state index in [2.05, 4.69) is 14.9 Å². The Hall–Kier alpha value is -2.28. The van der Waals surface area contributed by atoms with Crippen LogP contribution in [0.5, 0.6) is 0 Å². The van der Waals surface area contributed by atoms with E-state index in [1.54, 1.807) is 12.3 Å². The minimum atomic E-state index is -0.443. The summed E-state index contributed by atoms with van der Waals surface area (Å²) < 4.78 is 0. The average molecular weight is 274 g/mol. The number of benzene rings is 1. The molecule has 0 saturated carbocycles. The molecule has 2 aromatic rings. The van der Waals surface area contributed by atoms with Gasteiger partial charge in [-0.05, 0) is 12.5 Å². The molecule has 1 aliphatic heterocycles. The molecule has 0 radical (unpaired) electrons. The number of nitrogens with zero attached hydrogens (tertiary/aromatic N) is 4. The Morgan fingerprint density at radius 3 is 3.00 bits per heavy atom. The van der Waals surface area contributed by atoms with Gasteiger partial charge in [-0.2, -0.15) is 0 Å². The van der Waals surface area contributed by atoms with Gasteiger partial charge in [0.25, 0.3) is 5.69 Å². The third kappa shape index (κ3) is 2.27. The second-order valence-corrected chi connectivity index (χ2v) is 4.94. The summed E-state index contributed by atoms with van der Waals surface area (Å²) >= 11 is 0. The Labute approximate surface area is 115 Å². The predicted molar refractivity (Wildman–Crippen MR) is 73.6 cm³/mol. The van der Waals surface area contributed by atoms with Gasteiger partial charge in [0, 0.05) is 37.7 Å². The monoisotopic (exact) mass is 274 g/mol. The van der Waals surface area contributed by atoms with Gasteiger partial charge in [0.1, 0.15) is 5.82 Å². The molecule has 1 fully saturated rings. The quantitative estimate of drug-likeness (QED) is 0.671. The molecular weight excluding hydrogens is 260 g/mol. The molecule has 104 valence electrons. The Balaban J connectivity index is 1.91. The second-order valence-electron chi connectivity index (χ2n) is 4.94. The largest absolute Gasteiger partial charge is 0.396 e. The summed E-state index contributed by atoms with van der Waals surface area (Å²) in [7, 11) is 0. The lowest BCUT2D eigenvalue weighted by Crippen LogP contribution is -2.21. The van der Waals surface area contributed by atoms with Crippen LogP contribution in [0.1, 0.15) is 6.42 Å². The van der Waals surface area contributed by atoms with E-state index in [4.69, 9.17) is 5.11 Å². The summed E-state index contributed by atoms with van der Waals surface area (Å²) in [5.74, 6) is 1.03. The lowest BCUT2D eigenvalue weighted by Gasteiger charge is -2.16. The van der Waals surface area contributed by atoms with Crippen LogP contribution in [0.3, 0.4) is 0 Å². The van der Waals surface area contributed by atoms with Crippen LogP contribution in [-0.4, -0.2) is 39.7 Å². The Morgan fingerprint density at radius 1 is 1.45 bits per heavy atom. The van der Waals surface area contributed by atoms with Gasteiger partial charge in [0.05, 0.1) is 22.2 Å². The fourth-order valence-electron chi connectivity index (χ4n) is 2.45. The summed E-state index contributed by atoms with van der Waals surface area (Å²) in [6.45, 7) is 1.80. The van der Waals surface area contributed by atoms with Gasteiger partial charge in [-0.3, -0.25) is 15.1 Å². The summed E-state index contributed by atoms with van der Waals surface area (Å²) in [5.41, 5.74) is 1.17. The van der Waals surface area contributed by atoms with E-state index in [1.165, 1.54) is 12.1 Å². The molecule has 1 aromatic heterocycles. The zero-order valence-corrected chi connectivity index (χ0v) is 10.8. The van der Waals surface area contributed by atoms with Crippen LogP contribution >= 0.6 is 0 Å². The molecule has 1 atom stereocenters. The van der Waals surface area contributed by atoms with E-state index in [0.717, 1.165) is 25.3 Å².